The number of hydrogen-bond donors (Lipinski definition) is 3. The van der Waals surface area contributed by atoms with Gasteiger partial charge >= 0.3 is 0 Å². The van der Waals surface area contributed by atoms with E-state index in [0.29, 0.717) is 15.1 Å². The number of aryl methyl sites for hydroxylation is 2. The van der Waals surface area contributed by atoms with Crippen LogP contribution in [-0.4, -0.2) is 22.4 Å². The fourth-order valence-corrected chi connectivity index (χ4v) is 3.47. The predicted octanol–water partition coefficient (Wildman–Crippen LogP) is 3.13. The molecule has 2 rings (SSSR count). The van der Waals surface area contributed by atoms with E-state index in [-0.39, 0.29) is 11.7 Å². The molecule has 0 fully saturated rings. The van der Waals surface area contributed by atoms with Gasteiger partial charge in [0.25, 0.3) is 5.91 Å². The van der Waals surface area contributed by atoms with E-state index in [2.05, 4.69) is 27.5 Å². The zero-order valence-electron chi connectivity index (χ0n) is 12.3. The highest BCUT2D eigenvalue weighted by Crippen LogP contribution is 2.27. The van der Waals surface area contributed by atoms with Gasteiger partial charge < -0.3 is 11.1 Å². The monoisotopic (exact) mass is 325 g/mol. The summed E-state index contributed by atoms with van der Waals surface area (Å²) in [5.41, 5.74) is 6.82. The Morgan fingerprint density at radius 1 is 1.24 bits per heavy atom. The molecule has 1 amide bonds. The quantitative estimate of drug-likeness (QED) is 0.759. The van der Waals surface area contributed by atoms with Crippen LogP contribution in [-0.2, 0) is 6.42 Å². The minimum absolute atomic E-state index is 0.250. The molecule has 114 valence electrons. The highest BCUT2D eigenvalue weighted by Gasteiger charge is 2.18. The van der Waals surface area contributed by atoms with Crippen molar-refractivity contribution in [1.82, 2.24) is 9.97 Å². The number of nitrogen functional groups attached to an aromatic ring is 1. The number of rotatable bonds is 6. The van der Waals surface area contributed by atoms with Gasteiger partial charge in [0.2, 0.25) is 0 Å². The van der Waals surface area contributed by atoms with Crippen molar-refractivity contribution < 1.29 is 4.79 Å². The second kappa shape index (κ2) is 6.86. The average molecular weight is 325 g/mol. The molecular weight excluding hydrogens is 306 g/mol. The number of thiazole rings is 2. The van der Waals surface area contributed by atoms with Crippen molar-refractivity contribution in [3.63, 3.8) is 0 Å². The van der Waals surface area contributed by atoms with Gasteiger partial charge in [-0.3, -0.25) is 10.1 Å². The van der Waals surface area contributed by atoms with E-state index in [1.165, 1.54) is 22.7 Å². The molecular formula is C13H19N5OS2. The Labute approximate surface area is 131 Å². The Hall–Kier alpha value is -1.67. The summed E-state index contributed by atoms with van der Waals surface area (Å²) in [7, 11) is 0. The number of nitrogens with zero attached hydrogens (tertiary/aromatic N) is 2. The molecule has 2 heterocycles. The van der Waals surface area contributed by atoms with Gasteiger partial charge in [-0.05, 0) is 19.8 Å². The second-order valence-electron chi connectivity index (χ2n) is 4.49. The summed E-state index contributed by atoms with van der Waals surface area (Å²) < 4.78 is 0. The third kappa shape index (κ3) is 3.70. The molecule has 0 saturated heterocycles. The molecule has 0 bridgehead atoms. The molecule has 0 aromatic carbocycles. The van der Waals surface area contributed by atoms with Crippen LogP contribution < -0.4 is 16.4 Å². The molecule has 21 heavy (non-hydrogen) atoms. The highest BCUT2D eigenvalue weighted by molar-refractivity contribution is 7.18. The Morgan fingerprint density at radius 2 is 2.00 bits per heavy atom. The van der Waals surface area contributed by atoms with Gasteiger partial charge in [-0.2, -0.15) is 0 Å². The van der Waals surface area contributed by atoms with E-state index in [4.69, 9.17) is 5.73 Å². The van der Waals surface area contributed by atoms with Crippen LogP contribution in [0.2, 0.25) is 0 Å². The molecule has 4 N–H and O–H groups in total. The number of carbonyl (C=O) groups excluding carboxylic acids is 1. The molecule has 0 unspecified atom stereocenters. The lowest BCUT2D eigenvalue weighted by Crippen LogP contribution is -2.12. The molecule has 2 aromatic rings. The van der Waals surface area contributed by atoms with E-state index in [0.717, 1.165) is 30.0 Å². The molecule has 0 spiro atoms. The minimum Gasteiger partial charge on any atom is -0.382 e. The maximum absolute atomic E-state index is 12.2. The van der Waals surface area contributed by atoms with Gasteiger partial charge in [-0.25, -0.2) is 9.97 Å². The lowest BCUT2D eigenvalue weighted by molar-refractivity contribution is 0.103. The summed E-state index contributed by atoms with van der Waals surface area (Å²) in [5.74, 6) is -0.00829. The first-order chi connectivity index (χ1) is 10.0. The van der Waals surface area contributed by atoms with Gasteiger partial charge in [0, 0.05) is 11.4 Å². The Balaban J connectivity index is 2.10. The van der Waals surface area contributed by atoms with Crippen LogP contribution in [0.5, 0.6) is 0 Å². The number of aromatic nitrogens is 2. The van der Waals surface area contributed by atoms with E-state index in [9.17, 15) is 4.79 Å². The molecule has 0 aliphatic carbocycles. The number of amides is 1. The largest absolute Gasteiger partial charge is 0.382 e. The van der Waals surface area contributed by atoms with Crippen LogP contribution in [0.25, 0.3) is 0 Å². The van der Waals surface area contributed by atoms with E-state index in [1.54, 1.807) is 0 Å². The van der Waals surface area contributed by atoms with Crippen LogP contribution in [0.3, 0.4) is 0 Å². The van der Waals surface area contributed by atoms with E-state index in [1.807, 2.05) is 13.8 Å². The average Bonchev–Trinajstić information content (AvgIpc) is 2.99. The zero-order chi connectivity index (χ0) is 15.4. The van der Waals surface area contributed by atoms with Gasteiger partial charge in [0.1, 0.15) is 10.7 Å². The number of anilines is 3. The SMILES string of the molecule is CCCNc1nc(N)c(C(=O)Nc2nc(CC)c(C)s2)s1. The molecule has 6 nitrogen and oxygen atoms in total. The summed E-state index contributed by atoms with van der Waals surface area (Å²) in [6, 6.07) is 0. The fraction of sp³-hybridized carbons (Fsp3) is 0.462. The molecule has 0 radical (unpaired) electrons. The third-order valence-electron chi connectivity index (χ3n) is 2.83. The minimum atomic E-state index is -0.258. The summed E-state index contributed by atoms with van der Waals surface area (Å²) in [5, 5.41) is 7.20. The predicted molar refractivity (Wildman–Crippen MR) is 89.5 cm³/mol. The zero-order valence-corrected chi connectivity index (χ0v) is 14.0. The van der Waals surface area contributed by atoms with E-state index < -0.39 is 0 Å². The first-order valence-electron chi connectivity index (χ1n) is 6.83. The van der Waals surface area contributed by atoms with Crippen molar-refractivity contribution in [3.8, 4) is 0 Å². The summed E-state index contributed by atoms with van der Waals surface area (Å²) in [4.78, 5) is 22.3. The van der Waals surface area contributed by atoms with Crippen LogP contribution in [0.15, 0.2) is 0 Å². The molecule has 8 heteroatoms. The second-order valence-corrected chi connectivity index (χ2v) is 6.69. The first kappa shape index (κ1) is 15.7. The summed E-state index contributed by atoms with van der Waals surface area (Å²) in [6.45, 7) is 6.91. The smallest absolute Gasteiger partial charge is 0.271 e. The maximum atomic E-state index is 12.2. The number of carbonyl (C=O) groups is 1. The first-order valence-corrected chi connectivity index (χ1v) is 8.46. The Kier molecular flexibility index (Phi) is 5.13. The van der Waals surface area contributed by atoms with Crippen molar-refractivity contribution in [3.05, 3.63) is 15.4 Å². The lowest BCUT2D eigenvalue weighted by atomic mass is 10.3. The van der Waals surface area contributed by atoms with Crippen LogP contribution in [0, 0.1) is 6.92 Å². The number of nitrogens with one attached hydrogen (secondary N) is 2. The molecule has 0 saturated carbocycles. The van der Waals surface area contributed by atoms with Gasteiger partial charge in [0.05, 0.1) is 5.69 Å². The lowest BCUT2D eigenvalue weighted by Gasteiger charge is -1.99. The molecule has 0 aliphatic rings. The van der Waals surface area contributed by atoms with Crippen molar-refractivity contribution in [2.24, 2.45) is 0 Å². The molecule has 0 aliphatic heterocycles. The van der Waals surface area contributed by atoms with Crippen molar-refractivity contribution in [1.29, 1.82) is 0 Å². The topological polar surface area (TPSA) is 92.9 Å². The molecule has 0 atom stereocenters. The number of hydrogen-bond acceptors (Lipinski definition) is 7. The third-order valence-corrected chi connectivity index (χ3v) is 4.79. The standard InChI is InChI=1S/C13H19N5OS2/c1-4-6-15-12-17-10(14)9(21-12)11(19)18-13-16-8(5-2)7(3)20-13/h4-6,14H2,1-3H3,(H,15,17)(H,16,18,19). The fourth-order valence-electron chi connectivity index (χ4n) is 1.77. The highest BCUT2D eigenvalue weighted by atomic mass is 32.1. The normalized spacial score (nSPS) is 10.6. The number of nitrogens with two attached hydrogens (primary N) is 1. The van der Waals surface area contributed by atoms with Crippen LogP contribution >= 0.6 is 22.7 Å². The van der Waals surface area contributed by atoms with E-state index >= 15 is 0 Å². The van der Waals surface area contributed by atoms with Gasteiger partial charge in [-0.15, -0.1) is 11.3 Å². The van der Waals surface area contributed by atoms with Crippen molar-refractivity contribution >= 4 is 44.7 Å². The van der Waals surface area contributed by atoms with Gasteiger partial charge in [0.15, 0.2) is 10.3 Å². The Bertz CT molecular complexity index is 635. The molecule has 2 aromatic heterocycles. The van der Waals surface area contributed by atoms with Crippen LogP contribution in [0.1, 0.15) is 40.5 Å². The summed E-state index contributed by atoms with van der Waals surface area (Å²) in [6.07, 6.45) is 1.84. The van der Waals surface area contributed by atoms with Crippen molar-refractivity contribution in [2.45, 2.75) is 33.6 Å². The Morgan fingerprint density at radius 3 is 2.62 bits per heavy atom. The van der Waals surface area contributed by atoms with Crippen molar-refractivity contribution in [2.75, 3.05) is 22.9 Å². The summed E-state index contributed by atoms with van der Waals surface area (Å²) >= 11 is 2.73. The van der Waals surface area contributed by atoms with Crippen LogP contribution in [0.4, 0.5) is 16.1 Å². The van der Waals surface area contributed by atoms with Gasteiger partial charge in [-0.1, -0.05) is 25.2 Å². The maximum Gasteiger partial charge on any atom is 0.271 e.